The van der Waals surface area contributed by atoms with Crippen LogP contribution in [0.2, 0.25) is 5.02 Å². The third-order valence-electron chi connectivity index (χ3n) is 3.30. The first-order valence-corrected chi connectivity index (χ1v) is 6.61. The van der Waals surface area contributed by atoms with E-state index in [0.717, 1.165) is 18.4 Å². The van der Waals surface area contributed by atoms with Gasteiger partial charge in [0.1, 0.15) is 5.54 Å². The van der Waals surface area contributed by atoms with Crippen molar-refractivity contribution in [3.63, 3.8) is 0 Å². The molecule has 0 aliphatic heterocycles. The summed E-state index contributed by atoms with van der Waals surface area (Å²) in [5, 5.41) is 7.24. The molecular formula is C13H13ClN4O2. The van der Waals surface area contributed by atoms with Crippen LogP contribution in [0.5, 0.6) is 0 Å². The van der Waals surface area contributed by atoms with E-state index in [0.29, 0.717) is 23.2 Å². The summed E-state index contributed by atoms with van der Waals surface area (Å²) in [6.07, 6.45) is 1.99. The lowest BCUT2D eigenvalue weighted by Gasteiger charge is -2.09. The molecule has 1 aromatic heterocycles. The number of hydrogen-bond acceptors (Lipinski definition) is 4. The van der Waals surface area contributed by atoms with Gasteiger partial charge in [-0.25, -0.2) is 4.79 Å². The second-order valence-corrected chi connectivity index (χ2v) is 5.26. The molecule has 104 valence electrons. The number of urea groups is 1. The number of aromatic nitrogens is 2. The zero-order chi connectivity index (χ0) is 14.2. The average molecular weight is 293 g/mol. The molecule has 1 aromatic carbocycles. The van der Waals surface area contributed by atoms with Crippen LogP contribution in [0.1, 0.15) is 30.1 Å². The molecule has 0 spiro atoms. The Morgan fingerprint density at radius 2 is 2.20 bits per heavy atom. The van der Waals surface area contributed by atoms with E-state index in [-0.39, 0.29) is 0 Å². The monoisotopic (exact) mass is 292 g/mol. The molecule has 0 unspecified atom stereocenters. The van der Waals surface area contributed by atoms with Crippen LogP contribution in [0.4, 0.5) is 4.79 Å². The molecule has 0 saturated heterocycles. The third kappa shape index (κ3) is 2.46. The standard InChI is InChI=1S/C13H13ClN4O2/c14-9-4-2-1-3-8(9)7-10-16-11(20-18-10)13(5-6-13)17-12(15)19/h1-4H,5-7H2,(H3,15,17,19). The predicted octanol–water partition coefficient (Wildman–Crippen LogP) is 1.97. The highest BCUT2D eigenvalue weighted by atomic mass is 35.5. The summed E-state index contributed by atoms with van der Waals surface area (Å²) >= 11 is 6.09. The highest BCUT2D eigenvalue weighted by Gasteiger charge is 2.50. The number of nitrogens with two attached hydrogens (primary N) is 1. The van der Waals surface area contributed by atoms with Crippen LogP contribution in [0.25, 0.3) is 0 Å². The van der Waals surface area contributed by atoms with Gasteiger partial charge in [-0.3, -0.25) is 0 Å². The molecule has 1 saturated carbocycles. The Labute approximate surface area is 120 Å². The molecule has 7 heteroatoms. The van der Waals surface area contributed by atoms with Crippen molar-refractivity contribution < 1.29 is 9.32 Å². The number of carbonyl (C=O) groups excluding carboxylic acids is 1. The summed E-state index contributed by atoms with van der Waals surface area (Å²) in [7, 11) is 0. The summed E-state index contributed by atoms with van der Waals surface area (Å²) in [6.45, 7) is 0. The number of hydrogen-bond donors (Lipinski definition) is 2. The van der Waals surface area contributed by atoms with Crippen molar-refractivity contribution in [1.82, 2.24) is 15.5 Å². The first kappa shape index (κ1) is 12.9. The van der Waals surface area contributed by atoms with E-state index in [9.17, 15) is 4.79 Å². The van der Waals surface area contributed by atoms with Gasteiger partial charge in [0.05, 0.1) is 0 Å². The van der Waals surface area contributed by atoms with Gasteiger partial charge in [0, 0.05) is 11.4 Å². The van der Waals surface area contributed by atoms with Crippen LogP contribution in [0, 0.1) is 0 Å². The van der Waals surface area contributed by atoms with E-state index in [4.69, 9.17) is 21.9 Å². The van der Waals surface area contributed by atoms with E-state index in [2.05, 4.69) is 15.5 Å². The second kappa shape index (κ2) is 4.79. The van der Waals surface area contributed by atoms with E-state index in [1.165, 1.54) is 0 Å². The van der Waals surface area contributed by atoms with Crippen LogP contribution in [-0.4, -0.2) is 16.2 Å². The minimum absolute atomic E-state index is 0.401. The minimum atomic E-state index is -0.589. The van der Waals surface area contributed by atoms with E-state index in [1.54, 1.807) is 0 Å². The summed E-state index contributed by atoms with van der Waals surface area (Å²) in [4.78, 5) is 15.3. The fraction of sp³-hybridized carbons (Fsp3) is 0.308. The second-order valence-electron chi connectivity index (χ2n) is 4.86. The van der Waals surface area contributed by atoms with Crippen molar-refractivity contribution in [2.75, 3.05) is 0 Å². The zero-order valence-electron chi connectivity index (χ0n) is 10.6. The first-order valence-electron chi connectivity index (χ1n) is 6.23. The number of amides is 2. The molecule has 0 atom stereocenters. The Morgan fingerprint density at radius 1 is 1.45 bits per heavy atom. The Kier molecular flexibility index (Phi) is 3.10. The molecule has 2 amide bonds. The lowest BCUT2D eigenvalue weighted by Crippen LogP contribution is -2.38. The van der Waals surface area contributed by atoms with Gasteiger partial charge in [0.25, 0.3) is 5.89 Å². The number of carbonyl (C=O) groups is 1. The molecule has 1 fully saturated rings. The molecule has 2 aromatic rings. The van der Waals surface area contributed by atoms with Crippen molar-refractivity contribution in [1.29, 1.82) is 0 Å². The number of rotatable bonds is 4. The summed E-state index contributed by atoms with van der Waals surface area (Å²) < 4.78 is 5.23. The fourth-order valence-electron chi connectivity index (χ4n) is 2.09. The fourth-order valence-corrected chi connectivity index (χ4v) is 2.29. The molecule has 1 heterocycles. The maximum Gasteiger partial charge on any atom is 0.313 e. The number of nitrogens with one attached hydrogen (secondary N) is 1. The SMILES string of the molecule is NC(=O)NC1(c2nc(Cc3ccccc3Cl)no2)CC1. The number of halogens is 1. The molecule has 0 radical (unpaired) electrons. The van der Waals surface area contributed by atoms with Gasteiger partial charge in [-0.2, -0.15) is 4.98 Å². The molecule has 1 aliphatic carbocycles. The molecule has 0 bridgehead atoms. The Morgan fingerprint density at radius 3 is 2.85 bits per heavy atom. The van der Waals surface area contributed by atoms with Crippen LogP contribution in [0.3, 0.4) is 0 Å². The van der Waals surface area contributed by atoms with Gasteiger partial charge in [-0.05, 0) is 24.5 Å². The van der Waals surface area contributed by atoms with Crippen LogP contribution >= 0.6 is 11.6 Å². The molecule has 20 heavy (non-hydrogen) atoms. The third-order valence-corrected chi connectivity index (χ3v) is 3.67. The van der Waals surface area contributed by atoms with Crippen LogP contribution in [0.15, 0.2) is 28.8 Å². The number of nitrogens with zero attached hydrogens (tertiary/aromatic N) is 2. The summed E-state index contributed by atoms with van der Waals surface area (Å²) in [5.74, 6) is 0.934. The molecule has 1 aliphatic rings. The normalized spacial score (nSPS) is 15.8. The number of primary amides is 1. The highest BCUT2D eigenvalue weighted by Crippen LogP contribution is 2.44. The van der Waals surface area contributed by atoms with Gasteiger partial charge < -0.3 is 15.6 Å². The van der Waals surface area contributed by atoms with Gasteiger partial charge in [-0.1, -0.05) is 35.0 Å². The zero-order valence-corrected chi connectivity index (χ0v) is 11.4. The van der Waals surface area contributed by atoms with Crippen molar-refractivity contribution in [2.45, 2.75) is 24.8 Å². The summed E-state index contributed by atoms with van der Waals surface area (Å²) in [5.41, 5.74) is 5.50. The largest absolute Gasteiger partial charge is 0.352 e. The van der Waals surface area contributed by atoms with Crippen LogP contribution in [-0.2, 0) is 12.0 Å². The van der Waals surface area contributed by atoms with Crippen molar-refractivity contribution >= 4 is 17.6 Å². The summed E-state index contributed by atoms with van der Waals surface area (Å²) in [6, 6.07) is 6.90. The van der Waals surface area contributed by atoms with Gasteiger partial charge >= 0.3 is 6.03 Å². The topological polar surface area (TPSA) is 94.0 Å². The lowest BCUT2D eigenvalue weighted by atomic mass is 10.1. The predicted molar refractivity (Wildman–Crippen MR) is 72.2 cm³/mol. The first-order chi connectivity index (χ1) is 9.59. The van der Waals surface area contributed by atoms with Crippen LogP contribution < -0.4 is 11.1 Å². The molecular weight excluding hydrogens is 280 g/mol. The molecule has 6 nitrogen and oxygen atoms in total. The van der Waals surface area contributed by atoms with E-state index in [1.807, 2.05) is 24.3 Å². The Bertz CT molecular complexity index is 651. The Balaban J connectivity index is 1.78. The number of benzene rings is 1. The maximum absolute atomic E-state index is 11.0. The van der Waals surface area contributed by atoms with Crippen molar-refractivity contribution in [2.24, 2.45) is 5.73 Å². The van der Waals surface area contributed by atoms with E-state index >= 15 is 0 Å². The van der Waals surface area contributed by atoms with E-state index < -0.39 is 11.6 Å². The Hall–Kier alpha value is -2.08. The van der Waals surface area contributed by atoms with Crippen molar-refractivity contribution in [3.8, 4) is 0 Å². The minimum Gasteiger partial charge on any atom is -0.352 e. The highest BCUT2D eigenvalue weighted by molar-refractivity contribution is 6.31. The average Bonchev–Trinajstić information content (AvgIpc) is 3.01. The van der Waals surface area contributed by atoms with Gasteiger partial charge in [0.15, 0.2) is 5.82 Å². The lowest BCUT2D eigenvalue weighted by molar-refractivity contribution is 0.238. The van der Waals surface area contributed by atoms with Crippen molar-refractivity contribution in [3.05, 3.63) is 46.6 Å². The molecule has 3 rings (SSSR count). The molecule has 3 N–H and O–H groups in total. The van der Waals surface area contributed by atoms with Gasteiger partial charge in [0.2, 0.25) is 0 Å². The van der Waals surface area contributed by atoms with Gasteiger partial charge in [-0.15, -0.1) is 0 Å². The smallest absolute Gasteiger partial charge is 0.313 e. The quantitative estimate of drug-likeness (QED) is 0.901. The maximum atomic E-state index is 11.0.